The molecule has 5 heteroatoms. The molecule has 1 aromatic heterocycles. The summed E-state index contributed by atoms with van der Waals surface area (Å²) in [5, 5.41) is 0. The second-order valence-corrected chi connectivity index (χ2v) is 5.56. The van der Waals surface area contributed by atoms with Gasteiger partial charge in [0.25, 0.3) is 0 Å². The maximum atomic E-state index is 6.05. The molecule has 1 aliphatic heterocycles. The van der Waals surface area contributed by atoms with E-state index in [0.29, 0.717) is 17.9 Å². The van der Waals surface area contributed by atoms with Gasteiger partial charge in [-0.05, 0) is 12.8 Å². The fourth-order valence-corrected chi connectivity index (χ4v) is 2.61. The highest BCUT2D eigenvalue weighted by Crippen LogP contribution is 2.25. The van der Waals surface area contributed by atoms with E-state index in [2.05, 4.69) is 28.7 Å². The van der Waals surface area contributed by atoms with Crippen LogP contribution in [0, 0.1) is 0 Å². The molecule has 1 fully saturated rings. The first-order valence-corrected chi connectivity index (χ1v) is 7.38. The number of halogens is 1. The number of piperidine rings is 1. The van der Waals surface area contributed by atoms with Crippen molar-refractivity contribution in [3.05, 3.63) is 17.7 Å². The number of aromatic nitrogens is 2. The number of rotatable bonds is 4. The van der Waals surface area contributed by atoms with Gasteiger partial charge in [-0.25, -0.2) is 9.97 Å². The monoisotopic (exact) mass is 283 g/mol. The van der Waals surface area contributed by atoms with E-state index in [1.165, 1.54) is 0 Å². The standard InChI is InChI=1S/C14H22ClN3O/c1-10(2)14-16-8-13(12(7-15)17-14)18-6-4-5-11(9-18)19-3/h8,10-11H,4-7,9H2,1-3H3. The third-order valence-corrected chi connectivity index (χ3v) is 3.81. The SMILES string of the molecule is COC1CCCN(c2cnc(C(C)C)nc2CCl)C1. The summed E-state index contributed by atoms with van der Waals surface area (Å²) in [6.45, 7) is 6.10. The van der Waals surface area contributed by atoms with Gasteiger partial charge in [-0.2, -0.15) is 0 Å². The number of hydrogen-bond acceptors (Lipinski definition) is 4. The van der Waals surface area contributed by atoms with Crippen molar-refractivity contribution in [2.75, 3.05) is 25.1 Å². The topological polar surface area (TPSA) is 38.2 Å². The van der Waals surface area contributed by atoms with Crippen LogP contribution in [0.4, 0.5) is 5.69 Å². The molecule has 1 aromatic rings. The number of methoxy groups -OCH3 is 1. The lowest BCUT2D eigenvalue weighted by atomic mass is 10.1. The largest absolute Gasteiger partial charge is 0.380 e. The molecule has 0 N–H and O–H groups in total. The minimum absolute atomic E-state index is 0.293. The molecule has 19 heavy (non-hydrogen) atoms. The van der Waals surface area contributed by atoms with Gasteiger partial charge in [-0.1, -0.05) is 13.8 Å². The average Bonchev–Trinajstić information content (AvgIpc) is 2.46. The maximum absolute atomic E-state index is 6.05. The summed E-state index contributed by atoms with van der Waals surface area (Å²) >= 11 is 6.05. The Kier molecular flexibility index (Phi) is 4.99. The van der Waals surface area contributed by atoms with Crippen LogP contribution in [0.2, 0.25) is 0 Å². The molecule has 0 amide bonds. The van der Waals surface area contributed by atoms with Crippen molar-refractivity contribution >= 4 is 17.3 Å². The maximum Gasteiger partial charge on any atom is 0.131 e. The van der Waals surface area contributed by atoms with E-state index in [1.807, 2.05) is 6.20 Å². The zero-order valence-corrected chi connectivity index (χ0v) is 12.7. The van der Waals surface area contributed by atoms with E-state index in [4.69, 9.17) is 16.3 Å². The molecule has 0 spiro atoms. The van der Waals surface area contributed by atoms with Crippen LogP contribution in [0.1, 0.15) is 44.1 Å². The molecule has 1 unspecified atom stereocenters. The zero-order chi connectivity index (χ0) is 13.8. The molecule has 0 aliphatic carbocycles. The Balaban J connectivity index is 2.23. The second-order valence-electron chi connectivity index (χ2n) is 5.29. The second kappa shape index (κ2) is 6.53. The van der Waals surface area contributed by atoms with Crippen LogP contribution in [0.15, 0.2) is 6.20 Å². The summed E-state index contributed by atoms with van der Waals surface area (Å²) in [4.78, 5) is 11.3. The molecule has 0 saturated carbocycles. The predicted molar refractivity (Wildman–Crippen MR) is 77.9 cm³/mol. The molecule has 1 aliphatic rings. The molecule has 0 radical (unpaired) electrons. The molecule has 106 valence electrons. The molecule has 2 rings (SSSR count). The highest BCUT2D eigenvalue weighted by atomic mass is 35.5. The van der Waals surface area contributed by atoms with Crippen molar-refractivity contribution in [2.45, 2.75) is 44.6 Å². The van der Waals surface area contributed by atoms with Crippen LogP contribution < -0.4 is 4.90 Å². The van der Waals surface area contributed by atoms with E-state index in [1.54, 1.807) is 7.11 Å². The Hall–Kier alpha value is -0.870. The quantitative estimate of drug-likeness (QED) is 0.797. The number of anilines is 1. The Morgan fingerprint density at radius 1 is 1.53 bits per heavy atom. The van der Waals surface area contributed by atoms with Crippen molar-refractivity contribution in [1.82, 2.24) is 9.97 Å². The van der Waals surface area contributed by atoms with Gasteiger partial charge in [0, 0.05) is 26.1 Å². The molecule has 0 bridgehead atoms. The Morgan fingerprint density at radius 3 is 2.95 bits per heavy atom. The summed E-state index contributed by atoms with van der Waals surface area (Å²) in [5.74, 6) is 1.61. The summed E-state index contributed by atoms with van der Waals surface area (Å²) in [7, 11) is 1.77. The van der Waals surface area contributed by atoms with Gasteiger partial charge in [0.1, 0.15) is 5.82 Å². The van der Waals surface area contributed by atoms with E-state index in [-0.39, 0.29) is 0 Å². The van der Waals surface area contributed by atoms with Gasteiger partial charge in [-0.15, -0.1) is 11.6 Å². The van der Waals surface area contributed by atoms with Crippen LogP contribution in [0.3, 0.4) is 0 Å². The summed E-state index contributed by atoms with van der Waals surface area (Å²) in [6, 6.07) is 0. The summed E-state index contributed by atoms with van der Waals surface area (Å²) in [6.07, 6.45) is 4.46. The minimum Gasteiger partial charge on any atom is -0.380 e. The predicted octanol–water partition coefficient (Wildman–Crippen LogP) is 2.95. The fraction of sp³-hybridized carbons (Fsp3) is 0.714. The molecular formula is C14H22ClN3O. The lowest BCUT2D eigenvalue weighted by Crippen LogP contribution is -2.40. The van der Waals surface area contributed by atoms with E-state index in [9.17, 15) is 0 Å². The van der Waals surface area contributed by atoms with E-state index in [0.717, 1.165) is 43.1 Å². The summed E-state index contributed by atoms with van der Waals surface area (Å²) in [5.41, 5.74) is 1.98. The number of hydrogen-bond donors (Lipinski definition) is 0. The fourth-order valence-electron chi connectivity index (χ4n) is 2.42. The molecule has 0 aromatic carbocycles. The molecule has 2 heterocycles. The van der Waals surface area contributed by atoms with Crippen LogP contribution in [0.25, 0.3) is 0 Å². The first-order chi connectivity index (χ1) is 9.15. The van der Waals surface area contributed by atoms with Gasteiger partial charge in [-0.3, -0.25) is 0 Å². The normalized spacial score (nSPS) is 20.1. The number of nitrogens with zero attached hydrogens (tertiary/aromatic N) is 3. The zero-order valence-electron chi connectivity index (χ0n) is 11.9. The van der Waals surface area contributed by atoms with Gasteiger partial charge in [0.2, 0.25) is 0 Å². The smallest absolute Gasteiger partial charge is 0.131 e. The van der Waals surface area contributed by atoms with Crippen LogP contribution >= 0.6 is 11.6 Å². The Bertz CT molecular complexity index is 425. The van der Waals surface area contributed by atoms with Gasteiger partial charge < -0.3 is 9.64 Å². The Labute approximate surface area is 120 Å². The molecule has 4 nitrogen and oxygen atoms in total. The molecular weight excluding hydrogens is 262 g/mol. The third kappa shape index (κ3) is 3.37. The first kappa shape index (κ1) is 14.5. The van der Waals surface area contributed by atoms with Crippen molar-refractivity contribution < 1.29 is 4.74 Å². The van der Waals surface area contributed by atoms with Crippen molar-refractivity contribution in [2.24, 2.45) is 0 Å². The lowest BCUT2D eigenvalue weighted by molar-refractivity contribution is 0.0893. The van der Waals surface area contributed by atoms with Gasteiger partial charge >= 0.3 is 0 Å². The van der Waals surface area contributed by atoms with Crippen molar-refractivity contribution in [3.8, 4) is 0 Å². The molecule has 1 atom stereocenters. The van der Waals surface area contributed by atoms with Crippen molar-refractivity contribution in [3.63, 3.8) is 0 Å². The third-order valence-electron chi connectivity index (χ3n) is 3.56. The van der Waals surface area contributed by atoms with E-state index >= 15 is 0 Å². The summed E-state index contributed by atoms with van der Waals surface area (Å²) < 4.78 is 5.46. The highest BCUT2D eigenvalue weighted by Gasteiger charge is 2.22. The number of alkyl halides is 1. The number of ether oxygens (including phenoxy) is 1. The van der Waals surface area contributed by atoms with Gasteiger partial charge in [0.05, 0.1) is 29.6 Å². The lowest BCUT2D eigenvalue weighted by Gasteiger charge is -2.34. The van der Waals surface area contributed by atoms with Gasteiger partial charge in [0.15, 0.2) is 0 Å². The average molecular weight is 284 g/mol. The highest BCUT2D eigenvalue weighted by molar-refractivity contribution is 6.17. The van der Waals surface area contributed by atoms with E-state index < -0.39 is 0 Å². The molecule has 1 saturated heterocycles. The van der Waals surface area contributed by atoms with Crippen LogP contribution in [-0.2, 0) is 10.6 Å². The van der Waals surface area contributed by atoms with Crippen molar-refractivity contribution in [1.29, 1.82) is 0 Å². The minimum atomic E-state index is 0.293. The Morgan fingerprint density at radius 2 is 2.32 bits per heavy atom. The van der Waals surface area contributed by atoms with Crippen LogP contribution in [0.5, 0.6) is 0 Å². The van der Waals surface area contributed by atoms with Crippen LogP contribution in [-0.4, -0.2) is 36.3 Å². The first-order valence-electron chi connectivity index (χ1n) is 6.85.